The van der Waals surface area contributed by atoms with Crippen molar-refractivity contribution < 1.29 is 56.1 Å². The Morgan fingerprint density at radius 1 is 0.853 bits per heavy atom. The summed E-state index contributed by atoms with van der Waals surface area (Å²) in [6.07, 6.45) is -5.84. The van der Waals surface area contributed by atoms with Gasteiger partial charge >= 0.3 is 29.9 Å². The van der Waals surface area contributed by atoms with E-state index in [1.165, 1.54) is 0 Å². The van der Waals surface area contributed by atoms with Crippen molar-refractivity contribution in [2.45, 2.75) is 58.3 Å². The van der Waals surface area contributed by atoms with Gasteiger partial charge in [0.15, 0.2) is 33.4 Å². The number of carbonyl (C=O) groups excluding carboxylic acids is 5. The lowest BCUT2D eigenvalue weighted by molar-refractivity contribution is -0.255. The molecule has 1 saturated heterocycles. The van der Waals surface area contributed by atoms with Crippen molar-refractivity contribution in [3.05, 3.63) is 0 Å². The number of rotatable bonds is 10. The zero-order valence-electron chi connectivity index (χ0n) is 19.2. The van der Waals surface area contributed by atoms with Gasteiger partial charge in [-0.25, -0.2) is 13.2 Å². The predicted octanol–water partition coefficient (Wildman–Crippen LogP) is -0.938. The van der Waals surface area contributed by atoms with Gasteiger partial charge in [-0.1, -0.05) is 0 Å². The molecule has 14 nitrogen and oxygen atoms in total. The molecule has 0 radical (unpaired) electrons. The zero-order valence-corrected chi connectivity index (χ0v) is 20.9. The van der Waals surface area contributed by atoms with Gasteiger partial charge in [-0.05, 0) is 10.8 Å². The topological polar surface area (TPSA) is 190 Å². The lowest BCUT2D eigenvalue weighted by Gasteiger charge is -2.44. The summed E-state index contributed by atoms with van der Waals surface area (Å²) in [6, 6.07) is -0.824. The minimum Gasteiger partial charge on any atom is -0.463 e. The molecule has 194 valence electrons. The summed E-state index contributed by atoms with van der Waals surface area (Å²) in [5.74, 6) is -3.03. The number of nitrogens with one attached hydrogen (secondary N) is 2. The monoisotopic (exact) mass is 528 g/mol. The molecule has 16 heteroatoms. The van der Waals surface area contributed by atoms with Crippen LogP contribution in [-0.2, 0) is 51.7 Å². The molecule has 2 N–H and O–H groups in total. The Bertz CT molecular complexity index is 878. The molecule has 1 heterocycles. The van der Waals surface area contributed by atoms with Crippen LogP contribution >= 0.6 is 10.8 Å². The first-order valence-corrected chi connectivity index (χ1v) is 13.3. The zero-order chi connectivity index (χ0) is 26.1. The molecule has 0 aromatic heterocycles. The largest absolute Gasteiger partial charge is 0.463 e. The third-order valence-electron chi connectivity index (χ3n) is 3.95. The van der Waals surface area contributed by atoms with Crippen molar-refractivity contribution in [1.82, 2.24) is 10.6 Å². The molecule has 1 fully saturated rings. The summed E-state index contributed by atoms with van der Waals surface area (Å²) >= 11 is 0. The molecule has 0 aromatic rings. The molecule has 0 saturated carbocycles. The van der Waals surface area contributed by atoms with Crippen LogP contribution in [0, 0.1) is 0 Å². The van der Waals surface area contributed by atoms with Crippen molar-refractivity contribution in [1.29, 1.82) is 0 Å². The summed E-state index contributed by atoms with van der Waals surface area (Å²) in [7, 11) is -2.67. The standard InChI is InChI=1S/C18H28N2O12S2/c1-9(21)28-8-13-14(29-10(2)22)15(30-11(3)23)16(31-12(4)24)17(32-13)20-18(25)19-6-7-33-34(5,26)27/h13-17H,6-8H2,1-5H3,(H2,19,20,25). The highest BCUT2D eigenvalue weighted by Gasteiger charge is 2.52. The summed E-state index contributed by atoms with van der Waals surface area (Å²) in [5, 5.41) is 4.79. The third-order valence-corrected chi connectivity index (χ3v) is 6.53. The van der Waals surface area contributed by atoms with Gasteiger partial charge < -0.3 is 34.3 Å². The van der Waals surface area contributed by atoms with E-state index in [9.17, 15) is 32.4 Å². The summed E-state index contributed by atoms with van der Waals surface area (Å²) < 4.78 is 48.7. The van der Waals surface area contributed by atoms with Gasteiger partial charge in [0.2, 0.25) is 0 Å². The van der Waals surface area contributed by atoms with Gasteiger partial charge in [0.1, 0.15) is 12.7 Å². The molecular formula is C18H28N2O12S2. The van der Waals surface area contributed by atoms with Crippen molar-refractivity contribution in [2.75, 3.05) is 25.2 Å². The second-order valence-electron chi connectivity index (χ2n) is 7.05. The smallest absolute Gasteiger partial charge is 0.316 e. The van der Waals surface area contributed by atoms with Crippen LogP contribution < -0.4 is 10.6 Å². The highest BCUT2D eigenvalue weighted by atomic mass is 33.1. The molecule has 5 atom stereocenters. The van der Waals surface area contributed by atoms with Gasteiger partial charge in [0, 0.05) is 46.2 Å². The molecule has 0 spiro atoms. The van der Waals surface area contributed by atoms with E-state index >= 15 is 0 Å². The molecule has 0 aromatic carbocycles. The third kappa shape index (κ3) is 11.0. The second kappa shape index (κ2) is 13.3. The van der Waals surface area contributed by atoms with E-state index in [0.717, 1.165) is 34.0 Å². The molecule has 34 heavy (non-hydrogen) atoms. The normalized spacial score (nSPS) is 24.3. The van der Waals surface area contributed by atoms with E-state index in [4.69, 9.17) is 23.7 Å². The fourth-order valence-corrected chi connectivity index (χ4v) is 4.53. The number of esters is 4. The lowest BCUT2D eigenvalue weighted by atomic mass is 9.97. The minimum absolute atomic E-state index is 0.0329. The van der Waals surface area contributed by atoms with E-state index in [-0.39, 0.29) is 12.3 Å². The quantitative estimate of drug-likeness (QED) is 0.153. The first kappa shape index (κ1) is 29.4. The van der Waals surface area contributed by atoms with E-state index in [1.54, 1.807) is 0 Å². The Labute approximate surface area is 200 Å². The van der Waals surface area contributed by atoms with E-state index in [2.05, 4.69) is 10.6 Å². The Balaban J connectivity index is 3.15. The van der Waals surface area contributed by atoms with Gasteiger partial charge in [-0.2, -0.15) is 0 Å². The van der Waals surface area contributed by atoms with Crippen molar-refractivity contribution in [2.24, 2.45) is 0 Å². The molecule has 5 unspecified atom stereocenters. The Morgan fingerprint density at radius 3 is 1.88 bits per heavy atom. The molecular weight excluding hydrogens is 500 g/mol. The lowest BCUT2D eigenvalue weighted by Crippen LogP contribution is -2.66. The van der Waals surface area contributed by atoms with Crippen molar-refractivity contribution >= 4 is 49.6 Å². The van der Waals surface area contributed by atoms with E-state index in [1.807, 2.05) is 0 Å². The Morgan fingerprint density at radius 2 is 1.38 bits per heavy atom. The minimum atomic E-state index is -3.30. The van der Waals surface area contributed by atoms with Crippen molar-refractivity contribution in [3.63, 3.8) is 0 Å². The average molecular weight is 529 g/mol. The molecule has 2 amide bonds. The maximum Gasteiger partial charge on any atom is 0.316 e. The fraction of sp³-hybridized carbons (Fsp3) is 0.722. The van der Waals surface area contributed by atoms with Crippen LogP contribution in [0.5, 0.6) is 0 Å². The van der Waals surface area contributed by atoms with Crippen molar-refractivity contribution in [3.8, 4) is 0 Å². The molecule has 0 bridgehead atoms. The van der Waals surface area contributed by atoms with Gasteiger partial charge in [0.25, 0.3) is 0 Å². The van der Waals surface area contributed by atoms with Gasteiger partial charge in [-0.3, -0.25) is 19.2 Å². The first-order valence-electron chi connectivity index (χ1n) is 9.89. The number of urea groups is 1. The maximum atomic E-state index is 12.3. The Hall–Kier alpha value is -2.59. The molecule has 0 aliphatic carbocycles. The van der Waals surface area contributed by atoms with Crippen LogP contribution in [0.3, 0.4) is 0 Å². The van der Waals surface area contributed by atoms with Crippen LogP contribution in [0.15, 0.2) is 0 Å². The van der Waals surface area contributed by atoms with Gasteiger partial charge in [-0.15, -0.1) is 0 Å². The first-order chi connectivity index (χ1) is 15.7. The van der Waals surface area contributed by atoms with Crippen LogP contribution in [0.1, 0.15) is 27.7 Å². The fourth-order valence-electron chi connectivity index (χ4n) is 2.88. The number of hydrogen-bond acceptors (Lipinski definition) is 13. The molecule has 1 rings (SSSR count). The number of hydrogen-bond donors (Lipinski definition) is 2. The maximum absolute atomic E-state index is 12.3. The highest BCUT2D eigenvalue weighted by Crippen LogP contribution is 2.28. The summed E-state index contributed by atoms with van der Waals surface area (Å²) in [6.45, 7) is 3.88. The second-order valence-corrected chi connectivity index (χ2v) is 11.6. The average Bonchev–Trinajstić information content (AvgIpc) is 2.66. The van der Waals surface area contributed by atoms with Crippen LogP contribution in [0.4, 0.5) is 4.79 Å². The highest BCUT2D eigenvalue weighted by molar-refractivity contribution is 8.71. The van der Waals surface area contributed by atoms with Gasteiger partial charge in [0.05, 0.1) is 0 Å². The number of amides is 2. The van der Waals surface area contributed by atoms with Crippen LogP contribution in [0.25, 0.3) is 0 Å². The number of ether oxygens (including phenoxy) is 5. The van der Waals surface area contributed by atoms with Crippen LogP contribution in [0.2, 0.25) is 0 Å². The molecule has 1 aliphatic heterocycles. The summed E-state index contributed by atoms with van der Waals surface area (Å²) in [4.78, 5) is 58.8. The predicted molar refractivity (Wildman–Crippen MR) is 116 cm³/mol. The van der Waals surface area contributed by atoms with Crippen LogP contribution in [-0.4, -0.2) is 94.1 Å². The Kier molecular flexibility index (Phi) is 11.5. The summed E-state index contributed by atoms with van der Waals surface area (Å²) in [5.41, 5.74) is 0. The SMILES string of the molecule is CC(=O)OCC1OC(NC(=O)NCCSS(C)(=O)=O)C(OC(C)=O)C(OC(C)=O)C1OC(C)=O. The molecule has 1 aliphatic rings. The van der Waals surface area contributed by atoms with E-state index in [0.29, 0.717) is 10.8 Å². The number of carbonyl (C=O) groups is 5. The van der Waals surface area contributed by atoms with E-state index < -0.39 is 76.0 Å².